The topological polar surface area (TPSA) is 3.24 Å². The van der Waals surface area contributed by atoms with Crippen molar-refractivity contribution in [2.45, 2.75) is 57.8 Å². The van der Waals surface area contributed by atoms with Gasteiger partial charge in [0.25, 0.3) is 0 Å². The summed E-state index contributed by atoms with van der Waals surface area (Å²) in [6, 6.07) is 80.5. The summed E-state index contributed by atoms with van der Waals surface area (Å²) in [6.07, 6.45) is 0. The predicted molar refractivity (Wildman–Crippen MR) is 297 cm³/mol. The largest absolute Gasteiger partial charge is 0.310 e. The summed E-state index contributed by atoms with van der Waals surface area (Å²) in [7, 11) is 0. The second kappa shape index (κ2) is 14.5. The first kappa shape index (κ1) is 41.0. The molecule has 0 aromatic heterocycles. The molecule has 14 rings (SSSR count). The molecule has 0 atom stereocenters. The van der Waals surface area contributed by atoms with E-state index in [1.165, 1.54) is 121 Å². The Labute approximate surface area is 411 Å². The van der Waals surface area contributed by atoms with Gasteiger partial charge < -0.3 is 4.90 Å². The number of hydrogen-bond donors (Lipinski definition) is 0. The summed E-state index contributed by atoms with van der Waals surface area (Å²) in [5.74, 6) is 0. The van der Waals surface area contributed by atoms with Crippen molar-refractivity contribution in [1.29, 1.82) is 0 Å². The van der Waals surface area contributed by atoms with Crippen molar-refractivity contribution in [3.8, 4) is 55.6 Å². The highest BCUT2D eigenvalue weighted by molar-refractivity contribution is 6.25. The SMILES string of the molecule is CC1(C)c2ccccc2-c2ccc(N(c3ccc4c(c3)C(C)(C)c3ccccc3-4)c3ccc(-c4c5ccccc5c(-c5cccc6c5C(C)(C)c5ccccc5-6)c5ccccc45)c4ccccc34)cc21. The van der Waals surface area contributed by atoms with Crippen molar-refractivity contribution in [3.05, 3.63) is 246 Å². The van der Waals surface area contributed by atoms with Crippen LogP contribution in [0.25, 0.3) is 88.0 Å². The van der Waals surface area contributed by atoms with Crippen LogP contribution in [-0.2, 0) is 16.2 Å². The first-order chi connectivity index (χ1) is 34.0. The highest BCUT2D eigenvalue weighted by Crippen LogP contribution is 2.57. The molecule has 0 saturated heterocycles. The molecule has 0 radical (unpaired) electrons. The number of benzene rings is 11. The molecule has 0 saturated carbocycles. The Hall–Kier alpha value is -8.00. The average molecular weight is 896 g/mol. The Balaban J connectivity index is 1.01. The fraction of sp³-hybridized carbons (Fsp3) is 0.130. The highest BCUT2D eigenvalue weighted by atomic mass is 15.1. The van der Waals surface area contributed by atoms with Crippen LogP contribution in [0.2, 0.25) is 0 Å². The van der Waals surface area contributed by atoms with E-state index in [1.54, 1.807) is 0 Å². The number of anilines is 3. The summed E-state index contributed by atoms with van der Waals surface area (Å²) in [6.45, 7) is 14.3. The van der Waals surface area contributed by atoms with E-state index in [2.05, 4.69) is 259 Å². The predicted octanol–water partition coefficient (Wildman–Crippen LogP) is 18.9. The molecule has 0 N–H and O–H groups in total. The number of hydrogen-bond acceptors (Lipinski definition) is 1. The molecule has 0 fully saturated rings. The molecular weight excluding hydrogens is 843 g/mol. The molecule has 70 heavy (non-hydrogen) atoms. The van der Waals surface area contributed by atoms with Crippen LogP contribution in [0.5, 0.6) is 0 Å². The zero-order valence-corrected chi connectivity index (χ0v) is 40.7. The average Bonchev–Trinajstić information content (AvgIpc) is 3.88. The van der Waals surface area contributed by atoms with Crippen LogP contribution in [0.1, 0.15) is 74.9 Å². The molecule has 11 aromatic rings. The molecule has 0 spiro atoms. The van der Waals surface area contributed by atoms with E-state index in [0.29, 0.717) is 0 Å². The molecule has 334 valence electrons. The van der Waals surface area contributed by atoms with Gasteiger partial charge in [0.1, 0.15) is 0 Å². The summed E-state index contributed by atoms with van der Waals surface area (Å²) in [5, 5.41) is 7.51. The quantitative estimate of drug-likeness (QED) is 0.156. The number of rotatable bonds is 5. The van der Waals surface area contributed by atoms with E-state index in [0.717, 1.165) is 17.1 Å². The fourth-order valence-corrected chi connectivity index (χ4v) is 13.6. The molecule has 3 aliphatic carbocycles. The maximum atomic E-state index is 2.54. The molecule has 0 unspecified atom stereocenters. The Morgan fingerprint density at radius 2 is 0.614 bits per heavy atom. The molecule has 0 amide bonds. The fourth-order valence-electron chi connectivity index (χ4n) is 13.6. The lowest BCUT2D eigenvalue weighted by atomic mass is 9.76. The lowest BCUT2D eigenvalue weighted by Gasteiger charge is -2.31. The second-order valence-electron chi connectivity index (χ2n) is 21.6. The zero-order chi connectivity index (χ0) is 47.3. The zero-order valence-electron chi connectivity index (χ0n) is 40.7. The van der Waals surface area contributed by atoms with Gasteiger partial charge in [-0.15, -0.1) is 0 Å². The third-order valence-electron chi connectivity index (χ3n) is 16.8. The molecule has 1 heteroatoms. The van der Waals surface area contributed by atoms with Crippen molar-refractivity contribution in [2.75, 3.05) is 4.90 Å². The van der Waals surface area contributed by atoms with Gasteiger partial charge in [0, 0.05) is 33.0 Å². The Morgan fingerprint density at radius 3 is 1.13 bits per heavy atom. The van der Waals surface area contributed by atoms with Crippen molar-refractivity contribution in [1.82, 2.24) is 0 Å². The smallest absolute Gasteiger partial charge is 0.0540 e. The summed E-state index contributed by atoms with van der Waals surface area (Å²) < 4.78 is 0. The van der Waals surface area contributed by atoms with E-state index in [9.17, 15) is 0 Å². The van der Waals surface area contributed by atoms with Gasteiger partial charge in [0.15, 0.2) is 0 Å². The second-order valence-corrected chi connectivity index (χ2v) is 21.6. The van der Waals surface area contributed by atoms with Gasteiger partial charge in [-0.1, -0.05) is 224 Å². The van der Waals surface area contributed by atoms with Crippen LogP contribution in [-0.4, -0.2) is 0 Å². The third-order valence-corrected chi connectivity index (χ3v) is 16.8. The Kier molecular flexibility index (Phi) is 8.50. The summed E-state index contributed by atoms with van der Waals surface area (Å²) in [5.41, 5.74) is 24.5. The Bertz CT molecular complexity index is 3880. The van der Waals surface area contributed by atoms with Gasteiger partial charge >= 0.3 is 0 Å². The van der Waals surface area contributed by atoms with Crippen molar-refractivity contribution >= 4 is 49.4 Å². The van der Waals surface area contributed by atoms with Crippen LogP contribution < -0.4 is 4.90 Å². The van der Waals surface area contributed by atoms with E-state index < -0.39 is 0 Å². The monoisotopic (exact) mass is 895 g/mol. The van der Waals surface area contributed by atoms with Crippen LogP contribution >= 0.6 is 0 Å². The molecule has 3 aliphatic rings. The van der Waals surface area contributed by atoms with E-state index >= 15 is 0 Å². The summed E-state index contributed by atoms with van der Waals surface area (Å²) >= 11 is 0. The van der Waals surface area contributed by atoms with Gasteiger partial charge in [-0.3, -0.25) is 0 Å². The van der Waals surface area contributed by atoms with Gasteiger partial charge in [-0.25, -0.2) is 0 Å². The van der Waals surface area contributed by atoms with Gasteiger partial charge in [0.2, 0.25) is 0 Å². The first-order valence-electron chi connectivity index (χ1n) is 25.0. The van der Waals surface area contributed by atoms with Crippen LogP contribution in [0.15, 0.2) is 212 Å². The molecular formula is C69H53N. The third kappa shape index (κ3) is 5.49. The standard InChI is InChI=1S/C69H53N/c1-67(2)58-31-16-13-21-45(58)48-36-34-42(40-61(48)67)70(43-35-37-49-46-22-14-17-32-59(46)68(3,4)62(49)41-43)63-39-38-55(44-20-7-8-24-50(44)63)64-51-25-9-11-27-53(51)65(54-28-12-10-26-52(54)64)57-30-19-29-56-47-23-15-18-33-60(47)69(5,6)66(56)57/h7-41H,1-6H3. The van der Waals surface area contributed by atoms with Crippen molar-refractivity contribution < 1.29 is 0 Å². The van der Waals surface area contributed by atoms with Gasteiger partial charge in [-0.2, -0.15) is 0 Å². The molecule has 0 heterocycles. The Morgan fingerprint density at radius 1 is 0.257 bits per heavy atom. The van der Waals surface area contributed by atoms with E-state index in [1.807, 2.05) is 0 Å². The van der Waals surface area contributed by atoms with E-state index in [-0.39, 0.29) is 16.2 Å². The normalized spacial score (nSPS) is 15.1. The van der Waals surface area contributed by atoms with Crippen molar-refractivity contribution in [3.63, 3.8) is 0 Å². The first-order valence-corrected chi connectivity index (χ1v) is 25.0. The lowest BCUT2D eigenvalue weighted by molar-refractivity contribution is 0.660. The lowest BCUT2D eigenvalue weighted by Crippen LogP contribution is -2.18. The highest BCUT2D eigenvalue weighted by Gasteiger charge is 2.40. The minimum Gasteiger partial charge on any atom is -0.310 e. The van der Waals surface area contributed by atoms with Crippen LogP contribution in [0, 0.1) is 0 Å². The molecule has 11 aromatic carbocycles. The molecule has 1 nitrogen and oxygen atoms in total. The maximum Gasteiger partial charge on any atom is 0.0540 e. The molecule has 0 aliphatic heterocycles. The minimum atomic E-state index is -0.154. The van der Waals surface area contributed by atoms with Crippen LogP contribution in [0.3, 0.4) is 0 Å². The van der Waals surface area contributed by atoms with Crippen LogP contribution in [0.4, 0.5) is 17.1 Å². The molecule has 0 bridgehead atoms. The van der Waals surface area contributed by atoms with Gasteiger partial charge in [0.05, 0.1) is 5.69 Å². The van der Waals surface area contributed by atoms with Gasteiger partial charge in [-0.05, 0) is 146 Å². The van der Waals surface area contributed by atoms with E-state index in [4.69, 9.17) is 0 Å². The minimum absolute atomic E-state index is 0.144. The number of fused-ring (bicyclic) bond motifs is 12. The number of nitrogens with zero attached hydrogens (tertiary/aromatic N) is 1. The maximum absolute atomic E-state index is 2.54. The van der Waals surface area contributed by atoms with Crippen molar-refractivity contribution in [2.24, 2.45) is 0 Å². The summed E-state index contributed by atoms with van der Waals surface area (Å²) in [4.78, 5) is 2.54.